The van der Waals surface area contributed by atoms with Crippen LogP contribution in [0.3, 0.4) is 0 Å². The maximum absolute atomic E-state index is 11.0. The Morgan fingerprint density at radius 3 is 2.22 bits per heavy atom. The quantitative estimate of drug-likeness (QED) is 0.325. The minimum Gasteiger partial charge on any atom is -0.369 e. The predicted octanol–water partition coefficient (Wildman–Crippen LogP) is -0.806. The molecule has 0 radical (unpaired) electrons. The second-order valence-electron chi connectivity index (χ2n) is 2.96. The molecule has 18 heavy (non-hydrogen) atoms. The molecule has 0 aliphatic heterocycles. The third-order valence-corrected chi connectivity index (χ3v) is 2.56. The highest BCUT2D eigenvalue weighted by molar-refractivity contribution is 7.89. The van der Waals surface area contributed by atoms with Gasteiger partial charge in [-0.15, -0.1) is 17.5 Å². The number of aliphatic imine (C=N–C) groups is 1. The van der Waals surface area contributed by atoms with Crippen molar-refractivity contribution in [2.75, 3.05) is 0 Å². The highest BCUT2D eigenvalue weighted by Crippen LogP contribution is 2.14. The van der Waals surface area contributed by atoms with Crippen LogP contribution in [0.2, 0.25) is 0 Å². The van der Waals surface area contributed by atoms with Crippen molar-refractivity contribution in [3.05, 3.63) is 24.3 Å². The van der Waals surface area contributed by atoms with Gasteiger partial charge in [0.25, 0.3) is 0 Å². The fourth-order valence-corrected chi connectivity index (χ4v) is 1.44. The van der Waals surface area contributed by atoms with E-state index in [0.717, 1.165) is 0 Å². The van der Waals surface area contributed by atoms with Crippen molar-refractivity contribution in [1.82, 2.24) is 5.43 Å². The Labute approximate surface area is 110 Å². The Bertz CT molecular complexity index is 535. The van der Waals surface area contributed by atoms with Crippen LogP contribution < -0.4 is 22.0 Å². The van der Waals surface area contributed by atoms with Gasteiger partial charge in [-0.2, -0.15) is 0 Å². The summed E-state index contributed by atoms with van der Waals surface area (Å²) in [7, 11) is -3.68. The Balaban J connectivity index is 0.00000289. The monoisotopic (exact) mass is 292 g/mol. The molecule has 0 saturated heterocycles. The maximum atomic E-state index is 11.0. The number of nitrogens with one attached hydrogen (secondary N) is 1. The van der Waals surface area contributed by atoms with E-state index in [1.165, 1.54) is 30.6 Å². The van der Waals surface area contributed by atoms with Gasteiger partial charge in [-0.05, 0) is 24.3 Å². The molecule has 0 aliphatic rings. The molecule has 0 heterocycles. The van der Waals surface area contributed by atoms with Crippen molar-refractivity contribution >= 4 is 40.4 Å². The molecule has 1 rings (SSSR count). The molecule has 7 N–H and O–H groups in total. The van der Waals surface area contributed by atoms with Gasteiger partial charge in [0, 0.05) is 0 Å². The minimum absolute atomic E-state index is 0. The largest absolute Gasteiger partial charge is 0.369 e. The van der Waals surface area contributed by atoms with E-state index in [1.54, 1.807) is 0 Å². The molecule has 1 aromatic rings. The molecule has 0 aliphatic carbocycles. The van der Waals surface area contributed by atoms with Crippen LogP contribution >= 0.6 is 12.4 Å². The van der Waals surface area contributed by atoms with Gasteiger partial charge < -0.3 is 11.5 Å². The standard InChI is InChI=1S/C8H12N6O2S.ClH/c9-8(10)14-13-5-12-6-1-3-7(4-2-6)17(11,15)16;/h1-5H,(H,12,13)(H4,9,10,14)(H2,11,15,16);1H. The first-order valence-electron chi connectivity index (χ1n) is 4.39. The summed E-state index contributed by atoms with van der Waals surface area (Å²) in [4.78, 5) is 3.93. The number of rotatable bonds is 4. The van der Waals surface area contributed by atoms with E-state index in [4.69, 9.17) is 16.6 Å². The van der Waals surface area contributed by atoms with Crippen LogP contribution in [0.25, 0.3) is 0 Å². The fraction of sp³-hybridized carbons (Fsp3) is 0. The lowest BCUT2D eigenvalue weighted by Gasteiger charge is -1.98. The second-order valence-corrected chi connectivity index (χ2v) is 4.52. The zero-order valence-electron chi connectivity index (χ0n) is 9.15. The number of hydrogen-bond acceptors (Lipinski definition) is 4. The number of primary sulfonamides is 1. The third-order valence-electron chi connectivity index (χ3n) is 1.63. The molecule has 100 valence electrons. The van der Waals surface area contributed by atoms with Crippen molar-refractivity contribution in [3.8, 4) is 0 Å². The smallest absolute Gasteiger partial charge is 0.238 e. The van der Waals surface area contributed by atoms with E-state index in [2.05, 4.69) is 15.5 Å². The van der Waals surface area contributed by atoms with Crippen LogP contribution in [-0.4, -0.2) is 20.7 Å². The number of halogens is 1. The van der Waals surface area contributed by atoms with Crippen LogP contribution in [0.15, 0.2) is 39.3 Å². The predicted molar refractivity (Wildman–Crippen MR) is 72.2 cm³/mol. The van der Waals surface area contributed by atoms with Gasteiger partial charge in [0.1, 0.15) is 6.34 Å². The van der Waals surface area contributed by atoms with E-state index in [9.17, 15) is 8.42 Å². The zero-order valence-corrected chi connectivity index (χ0v) is 10.8. The summed E-state index contributed by atoms with van der Waals surface area (Å²) in [5, 5.41) is 8.39. The molecule has 0 spiro atoms. The number of nitrogens with zero attached hydrogens (tertiary/aromatic N) is 2. The van der Waals surface area contributed by atoms with E-state index >= 15 is 0 Å². The Morgan fingerprint density at radius 1 is 1.22 bits per heavy atom. The number of benzene rings is 1. The summed E-state index contributed by atoms with van der Waals surface area (Å²) < 4.78 is 21.9. The van der Waals surface area contributed by atoms with Crippen molar-refractivity contribution < 1.29 is 8.42 Å². The molecule has 0 bridgehead atoms. The van der Waals surface area contributed by atoms with Crippen LogP contribution in [0.4, 0.5) is 5.69 Å². The first-order valence-corrected chi connectivity index (χ1v) is 5.94. The van der Waals surface area contributed by atoms with Crippen molar-refractivity contribution in [2.45, 2.75) is 4.90 Å². The first kappa shape index (κ1) is 16.2. The van der Waals surface area contributed by atoms with Crippen molar-refractivity contribution in [2.24, 2.45) is 26.7 Å². The molecular weight excluding hydrogens is 280 g/mol. The molecular formula is C8H13ClN6O2S. The molecule has 1 aromatic carbocycles. The van der Waals surface area contributed by atoms with Gasteiger partial charge in [0.15, 0.2) is 0 Å². The molecule has 0 atom stereocenters. The highest BCUT2D eigenvalue weighted by atomic mass is 35.5. The van der Waals surface area contributed by atoms with Gasteiger partial charge in [-0.25, -0.2) is 18.5 Å². The average molecular weight is 293 g/mol. The normalized spacial score (nSPS) is 10.7. The Hall–Kier alpha value is -1.84. The van der Waals surface area contributed by atoms with E-state index in [-0.39, 0.29) is 23.3 Å². The lowest BCUT2D eigenvalue weighted by atomic mass is 10.3. The number of guanidine groups is 1. The Morgan fingerprint density at radius 2 is 1.78 bits per heavy atom. The Kier molecular flexibility index (Phi) is 6.09. The van der Waals surface area contributed by atoms with Crippen LogP contribution in [0.5, 0.6) is 0 Å². The van der Waals surface area contributed by atoms with Gasteiger partial charge in [-0.1, -0.05) is 0 Å². The van der Waals surface area contributed by atoms with E-state index in [0.29, 0.717) is 5.69 Å². The van der Waals surface area contributed by atoms with Crippen LogP contribution in [0, 0.1) is 0 Å². The summed E-state index contributed by atoms with van der Waals surface area (Å²) in [6.07, 6.45) is 1.26. The first-order chi connectivity index (χ1) is 7.89. The number of sulfonamides is 1. The summed E-state index contributed by atoms with van der Waals surface area (Å²) >= 11 is 0. The van der Waals surface area contributed by atoms with E-state index < -0.39 is 10.0 Å². The number of hydrazone groups is 1. The van der Waals surface area contributed by atoms with Crippen molar-refractivity contribution in [1.29, 1.82) is 0 Å². The lowest BCUT2D eigenvalue weighted by molar-refractivity contribution is 0.598. The topological polar surface area (TPSA) is 149 Å². The molecule has 0 saturated carbocycles. The maximum Gasteiger partial charge on any atom is 0.238 e. The van der Waals surface area contributed by atoms with Crippen LogP contribution in [0.1, 0.15) is 0 Å². The summed E-state index contributed by atoms with van der Waals surface area (Å²) in [6.45, 7) is 0. The molecule has 0 fully saturated rings. The highest BCUT2D eigenvalue weighted by Gasteiger charge is 2.05. The molecule has 0 aromatic heterocycles. The van der Waals surface area contributed by atoms with Crippen LogP contribution in [-0.2, 0) is 10.0 Å². The second kappa shape index (κ2) is 6.79. The van der Waals surface area contributed by atoms with Gasteiger partial charge in [0.2, 0.25) is 16.0 Å². The number of hydrogen-bond donors (Lipinski definition) is 4. The van der Waals surface area contributed by atoms with Gasteiger partial charge >= 0.3 is 0 Å². The molecule has 0 amide bonds. The summed E-state index contributed by atoms with van der Waals surface area (Å²) in [6, 6.07) is 5.69. The van der Waals surface area contributed by atoms with E-state index in [1.807, 2.05) is 0 Å². The average Bonchev–Trinajstić information content (AvgIpc) is 2.23. The molecule has 8 nitrogen and oxygen atoms in total. The molecule has 0 unspecified atom stereocenters. The fourth-order valence-electron chi connectivity index (χ4n) is 0.929. The zero-order chi connectivity index (χ0) is 12.9. The van der Waals surface area contributed by atoms with Gasteiger partial charge in [0.05, 0.1) is 10.6 Å². The minimum atomic E-state index is -3.68. The van der Waals surface area contributed by atoms with Gasteiger partial charge in [-0.3, -0.25) is 5.43 Å². The third kappa shape index (κ3) is 5.48. The summed E-state index contributed by atoms with van der Waals surface area (Å²) in [5.74, 6) is -0.124. The SMILES string of the molecule is Cl.NC(N)=NNC=Nc1ccc(S(N)(=O)=O)cc1. The summed E-state index contributed by atoms with van der Waals surface area (Å²) in [5.41, 5.74) is 13.0. The van der Waals surface area contributed by atoms with Crippen molar-refractivity contribution in [3.63, 3.8) is 0 Å². The molecule has 10 heteroatoms. The lowest BCUT2D eigenvalue weighted by Crippen LogP contribution is -2.25. The number of nitrogens with two attached hydrogens (primary N) is 3.